The van der Waals surface area contributed by atoms with Crippen LogP contribution in [0.25, 0.3) is 0 Å². The van der Waals surface area contributed by atoms with Crippen LogP contribution in [0.2, 0.25) is 0 Å². The number of aryl methyl sites for hydroxylation is 2. The van der Waals surface area contributed by atoms with E-state index in [4.69, 9.17) is 5.73 Å². The van der Waals surface area contributed by atoms with Crippen LogP contribution in [0.3, 0.4) is 0 Å². The lowest BCUT2D eigenvalue weighted by molar-refractivity contribution is 0.0654. The van der Waals surface area contributed by atoms with Gasteiger partial charge in [-0.3, -0.25) is 9.48 Å². The number of carbonyl (C=O) groups is 1. The van der Waals surface area contributed by atoms with Crippen molar-refractivity contribution < 1.29 is 4.79 Å². The number of amides is 1. The van der Waals surface area contributed by atoms with Gasteiger partial charge in [0.15, 0.2) is 5.69 Å². The molecule has 1 aliphatic heterocycles. The molecule has 1 aromatic rings. The molecule has 2 heterocycles. The topological polar surface area (TPSA) is 64.2 Å². The highest BCUT2D eigenvalue weighted by atomic mass is 35.5. The number of aromatic nitrogens is 2. The number of hydrogen-bond donors (Lipinski definition) is 1. The number of likely N-dealkylation sites (tertiary alicyclic amines) is 1. The van der Waals surface area contributed by atoms with Crippen LogP contribution >= 0.6 is 12.4 Å². The van der Waals surface area contributed by atoms with E-state index in [9.17, 15) is 4.79 Å². The minimum absolute atomic E-state index is 0. The monoisotopic (exact) mass is 286 g/mol. The van der Waals surface area contributed by atoms with Crippen molar-refractivity contribution in [1.82, 2.24) is 14.7 Å². The maximum atomic E-state index is 12.3. The Labute approximate surface area is 120 Å². The largest absolute Gasteiger partial charge is 0.337 e. The highest BCUT2D eigenvalue weighted by molar-refractivity contribution is 5.92. The molecule has 0 bridgehead atoms. The van der Waals surface area contributed by atoms with Crippen molar-refractivity contribution in [2.24, 2.45) is 18.7 Å². The first-order valence-electron chi connectivity index (χ1n) is 6.54. The first-order valence-corrected chi connectivity index (χ1v) is 6.54. The van der Waals surface area contributed by atoms with Gasteiger partial charge in [0.1, 0.15) is 0 Å². The van der Waals surface area contributed by atoms with Crippen LogP contribution in [-0.2, 0) is 7.05 Å². The van der Waals surface area contributed by atoms with Crippen LogP contribution in [0.1, 0.15) is 35.9 Å². The summed E-state index contributed by atoms with van der Waals surface area (Å²) in [6.45, 7) is 5.54. The molecule has 5 nitrogen and oxygen atoms in total. The molecule has 2 N–H and O–H groups in total. The normalized spacial score (nSPS) is 20.8. The molecule has 1 aliphatic rings. The third-order valence-corrected chi connectivity index (χ3v) is 3.82. The second-order valence-electron chi connectivity index (χ2n) is 5.31. The molecule has 2 atom stereocenters. The van der Waals surface area contributed by atoms with Gasteiger partial charge >= 0.3 is 0 Å². The number of nitrogens with two attached hydrogens (primary N) is 1. The standard InChI is InChI=1S/C13H22N4O.ClH/c1-9-7-12(15-16(9)3)13(18)17-6-4-5-11(8-17)10(2)14;/h7,10-11H,4-6,8,14H2,1-3H3;1H. The summed E-state index contributed by atoms with van der Waals surface area (Å²) < 4.78 is 1.74. The smallest absolute Gasteiger partial charge is 0.274 e. The van der Waals surface area contributed by atoms with Gasteiger partial charge in [-0.2, -0.15) is 5.10 Å². The molecule has 1 fully saturated rings. The van der Waals surface area contributed by atoms with Crippen molar-refractivity contribution in [3.05, 3.63) is 17.5 Å². The predicted octanol–water partition coefficient (Wildman–Crippen LogP) is 1.35. The quantitative estimate of drug-likeness (QED) is 0.892. The maximum Gasteiger partial charge on any atom is 0.274 e. The zero-order valence-corrected chi connectivity index (χ0v) is 12.6. The lowest BCUT2D eigenvalue weighted by atomic mass is 9.92. The van der Waals surface area contributed by atoms with Crippen molar-refractivity contribution >= 4 is 18.3 Å². The molecule has 2 unspecified atom stereocenters. The Morgan fingerprint density at radius 1 is 1.58 bits per heavy atom. The molecular weight excluding hydrogens is 264 g/mol. The Hall–Kier alpha value is -1.07. The zero-order chi connectivity index (χ0) is 13.3. The summed E-state index contributed by atoms with van der Waals surface area (Å²) >= 11 is 0. The van der Waals surface area contributed by atoms with E-state index in [1.807, 2.05) is 31.9 Å². The molecule has 108 valence electrons. The molecule has 0 saturated carbocycles. The second-order valence-corrected chi connectivity index (χ2v) is 5.31. The molecule has 1 aromatic heterocycles. The van der Waals surface area contributed by atoms with Gasteiger partial charge in [0.2, 0.25) is 0 Å². The van der Waals surface area contributed by atoms with Crippen LogP contribution in [0.4, 0.5) is 0 Å². The Bertz CT molecular complexity index is 424. The molecule has 0 radical (unpaired) electrons. The third kappa shape index (κ3) is 3.48. The van der Waals surface area contributed by atoms with Crippen LogP contribution < -0.4 is 5.73 Å². The minimum Gasteiger partial charge on any atom is -0.337 e. The van der Waals surface area contributed by atoms with E-state index in [0.29, 0.717) is 11.6 Å². The average Bonchev–Trinajstić information content (AvgIpc) is 2.69. The molecule has 1 saturated heterocycles. The fourth-order valence-corrected chi connectivity index (χ4v) is 2.45. The Balaban J connectivity index is 0.00000180. The number of carbonyl (C=O) groups excluding carboxylic acids is 1. The van der Waals surface area contributed by atoms with Gasteiger partial charge in [0.25, 0.3) is 5.91 Å². The molecule has 1 amide bonds. The van der Waals surface area contributed by atoms with Gasteiger partial charge in [-0.25, -0.2) is 0 Å². The Morgan fingerprint density at radius 3 is 2.79 bits per heavy atom. The molecule has 6 heteroatoms. The Morgan fingerprint density at radius 2 is 2.26 bits per heavy atom. The zero-order valence-electron chi connectivity index (χ0n) is 11.8. The highest BCUT2D eigenvalue weighted by Gasteiger charge is 2.27. The summed E-state index contributed by atoms with van der Waals surface area (Å²) in [7, 11) is 1.85. The van der Waals surface area contributed by atoms with E-state index in [2.05, 4.69) is 5.10 Å². The van der Waals surface area contributed by atoms with Gasteiger partial charge < -0.3 is 10.6 Å². The molecule has 2 rings (SSSR count). The van der Waals surface area contributed by atoms with Crippen molar-refractivity contribution in [2.75, 3.05) is 13.1 Å². The molecule has 19 heavy (non-hydrogen) atoms. The lowest BCUT2D eigenvalue weighted by Crippen LogP contribution is -2.45. The predicted molar refractivity (Wildman–Crippen MR) is 77.5 cm³/mol. The van der Waals surface area contributed by atoms with Gasteiger partial charge in [0.05, 0.1) is 0 Å². The highest BCUT2D eigenvalue weighted by Crippen LogP contribution is 2.20. The third-order valence-electron chi connectivity index (χ3n) is 3.82. The number of hydrogen-bond acceptors (Lipinski definition) is 3. The fourth-order valence-electron chi connectivity index (χ4n) is 2.45. The first kappa shape index (κ1) is 16.0. The van der Waals surface area contributed by atoms with Crippen molar-refractivity contribution in [3.63, 3.8) is 0 Å². The van der Waals surface area contributed by atoms with E-state index >= 15 is 0 Å². The maximum absolute atomic E-state index is 12.3. The minimum atomic E-state index is 0. The van der Waals surface area contributed by atoms with Gasteiger partial charge in [-0.05, 0) is 38.7 Å². The number of halogens is 1. The van der Waals surface area contributed by atoms with Gasteiger partial charge in [-0.15, -0.1) is 12.4 Å². The number of nitrogens with zero attached hydrogens (tertiary/aromatic N) is 3. The van der Waals surface area contributed by atoms with Crippen LogP contribution in [-0.4, -0.2) is 39.7 Å². The number of piperidine rings is 1. The van der Waals surface area contributed by atoms with Crippen LogP contribution in [0.15, 0.2) is 6.07 Å². The van der Waals surface area contributed by atoms with E-state index in [1.165, 1.54) is 0 Å². The summed E-state index contributed by atoms with van der Waals surface area (Å²) in [6.07, 6.45) is 2.15. The fraction of sp³-hybridized carbons (Fsp3) is 0.692. The summed E-state index contributed by atoms with van der Waals surface area (Å²) in [5.74, 6) is 0.441. The van der Waals surface area contributed by atoms with Gasteiger partial charge in [0, 0.05) is 31.9 Å². The van der Waals surface area contributed by atoms with Crippen LogP contribution in [0, 0.1) is 12.8 Å². The van der Waals surface area contributed by atoms with Crippen molar-refractivity contribution in [3.8, 4) is 0 Å². The molecular formula is C13H23ClN4O. The summed E-state index contributed by atoms with van der Waals surface area (Å²) in [4.78, 5) is 14.2. The summed E-state index contributed by atoms with van der Waals surface area (Å²) in [6, 6.07) is 1.99. The summed E-state index contributed by atoms with van der Waals surface area (Å²) in [5, 5.41) is 4.25. The Kier molecular flexibility index (Phi) is 5.38. The molecule has 0 aliphatic carbocycles. The first-order chi connectivity index (χ1) is 8.49. The summed E-state index contributed by atoms with van der Waals surface area (Å²) in [5.41, 5.74) is 7.48. The van der Waals surface area contributed by atoms with E-state index in [0.717, 1.165) is 31.6 Å². The van der Waals surface area contributed by atoms with Crippen molar-refractivity contribution in [2.45, 2.75) is 32.7 Å². The van der Waals surface area contributed by atoms with Crippen LogP contribution in [0.5, 0.6) is 0 Å². The van der Waals surface area contributed by atoms with Gasteiger partial charge in [-0.1, -0.05) is 0 Å². The SMILES string of the molecule is Cc1cc(C(=O)N2CCCC(C(C)N)C2)nn1C.Cl. The average molecular weight is 287 g/mol. The van der Waals surface area contributed by atoms with E-state index < -0.39 is 0 Å². The number of rotatable bonds is 2. The second kappa shape index (κ2) is 6.39. The van der Waals surface area contributed by atoms with Crippen molar-refractivity contribution in [1.29, 1.82) is 0 Å². The lowest BCUT2D eigenvalue weighted by Gasteiger charge is -2.34. The van der Waals surface area contributed by atoms with E-state index in [-0.39, 0.29) is 24.4 Å². The molecule has 0 aromatic carbocycles. The van der Waals surface area contributed by atoms with E-state index in [1.54, 1.807) is 4.68 Å². The molecule has 0 spiro atoms.